The lowest BCUT2D eigenvalue weighted by atomic mass is 9.95. The highest BCUT2D eigenvalue weighted by atomic mass is 79.9. The first kappa shape index (κ1) is 12.6. The second kappa shape index (κ2) is 4.95. The van der Waals surface area contributed by atoms with Crippen molar-refractivity contribution in [2.24, 2.45) is 11.8 Å². The molecule has 2 saturated heterocycles. The molecule has 1 aromatic rings. The summed E-state index contributed by atoms with van der Waals surface area (Å²) in [7, 11) is 0. The third-order valence-electron chi connectivity index (χ3n) is 4.66. The summed E-state index contributed by atoms with van der Waals surface area (Å²) in [5, 5.41) is 3.52. The highest BCUT2D eigenvalue weighted by Crippen LogP contribution is 2.33. The Labute approximate surface area is 118 Å². The minimum absolute atomic E-state index is 0.717. The molecule has 2 nitrogen and oxygen atoms in total. The number of rotatable bonds is 2. The van der Waals surface area contributed by atoms with Gasteiger partial charge in [-0.05, 0) is 56.0 Å². The molecule has 2 fully saturated rings. The summed E-state index contributed by atoms with van der Waals surface area (Å²) in [5.41, 5.74) is 2.77. The van der Waals surface area contributed by atoms with Gasteiger partial charge >= 0.3 is 0 Å². The molecule has 1 aromatic carbocycles. The molecule has 0 radical (unpaired) electrons. The SMILES string of the molecule is Cc1cc(CN2CC3CNCC3C2C)ccc1Br. The van der Waals surface area contributed by atoms with E-state index in [4.69, 9.17) is 0 Å². The number of nitrogens with zero attached hydrogens (tertiary/aromatic N) is 1. The Morgan fingerprint density at radius 2 is 2.22 bits per heavy atom. The van der Waals surface area contributed by atoms with Crippen LogP contribution in [0.15, 0.2) is 22.7 Å². The largest absolute Gasteiger partial charge is 0.316 e. The Morgan fingerprint density at radius 1 is 1.39 bits per heavy atom. The van der Waals surface area contributed by atoms with Crippen LogP contribution in [-0.4, -0.2) is 30.6 Å². The predicted octanol–water partition coefficient (Wildman–Crippen LogP) is 2.80. The van der Waals surface area contributed by atoms with Crippen LogP contribution in [0.1, 0.15) is 18.1 Å². The van der Waals surface area contributed by atoms with Crippen LogP contribution >= 0.6 is 15.9 Å². The molecular weight excluding hydrogens is 288 g/mol. The molecule has 2 heterocycles. The number of likely N-dealkylation sites (tertiary alicyclic amines) is 1. The van der Waals surface area contributed by atoms with Crippen molar-refractivity contribution in [1.29, 1.82) is 0 Å². The van der Waals surface area contributed by atoms with E-state index in [1.54, 1.807) is 0 Å². The van der Waals surface area contributed by atoms with Crippen molar-refractivity contribution in [2.75, 3.05) is 19.6 Å². The van der Waals surface area contributed by atoms with E-state index >= 15 is 0 Å². The molecule has 1 N–H and O–H groups in total. The number of hydrogen-bond donors (Lipinski definition) is 1. The summed E-state index contributed by atoms with van der Waals surface area (Å²) in [5.74, 6) is 1.73. The molecule has 0 saturated carbocycles. The van der Waals surface area contributed by atoms with E-state index in [-0.39, 0.29) is 0 Å². The highest BCUT2D eigenvalue weighted by Gasteiger charge is 2.41. The van der Waals surface area contributed by atoms with E-state index in [0.717, 1.165) is 18.4 Å². The quantitative estimate of drug-likeness (QED) is 0.904. The van der Waals surface area contributed by atoms with Crippen molar-refractivity contribution in [3.05, 3.63) is 33.8 Å². The number of benzene rings is 1. The molecule has 0 spiro atoms. The summed E-state index contributed by atoms with van der Waals surface area (Å²) >= 11 is 3.57. The molecule has 2 aliphatic rings. The van der Waals surface area contributed by atoms with Gasteiger partial charge in [0.25, 0.3) is 0 Å². The highest BCUT2D eigenvalue weighted by molar-refractivity contribution is 9.10. The van der Waals surface area contributed by atoms with E-state index in [1.165, 1.54) is 35.2 Å². The average molecular weight is 309 g/mol. The van der Waals surface area contributed by atoms with Crippen LogP contribution < -0.4 is 5.32 Å². The summed E-state index contributed by atoms with van der Waals surface area (Å²) in [6, 6.07) is 7.45. The minimum Gasteiger partial charge on any atom is -0.316 e. The number of aryl methyl sites for hydroxylation is 1. The molecule has 3 unspecified atom stereocenters. The average Bonchev–Trinajstić information content (AvgIpc) is 2.89. The zero-order valence-corrected chi connectivity index (χ0v) is 12.7. The lowest BCUT2D eigenvalue weighted by Gasteiger charge is -2.24. The number of fused-ring (bicyclic) bond motifs is 1. The molecule has 0 amide bonds. The number of nitrogens with one attached hydrogen (secondary N) is 1. The minimum atomic E-state index is 0.717. The first-order chi connectivity index (χ1) is 8.65. The van der Waals surface area contributed by atoms with Gasteiger partial charge in [0.1, 0.15) is 0 Å². The standard InChI is InChI=1S/C15H21BrN2/c1-10-5-12(3-4-15(10)16)8-18-9-13-6-17-7-14(13)11(18)2/h3-5,11,13-14,17H,6-9H2,1-2H3. The van der Waals surface area contributed by atoms with Crippen LogP contribution in [0.3, 0.4) is 0 Å². The Balaban J connectivity index is 1.71. The van der Waals surface area contributed by atoms with E-state index in [9.17, 15) is 0 Å². The molecule has 18 heavy (non-hydrogen) atoms. The van der Waals surface area contributed by atoms with Gasteiger partial charge in [-0.2, -0.15) is 0 Å². The maximum atomic E-state index is 3.57. The Hall–Kier alpha value is -0.380. The van der Waals surface area contributed by atoms with Gasteiger partial charge in [0.15, 0.2) is 0 Å². The maximum Gasteiger partial charge on any atom is 0.0236 e. The van der Waals surface area contributed by atoms with Crippen LogP contribution in [-0.2, 0) is 6.54 Å². The van der Waals surface area contributed by atoms with Gasteiger partial charge in [-0.25, -0.2) is 0 Å². The molecule has 0 bridgehead atoms. The monoisotopic (exact) mass is 308 g/mol. The van der Waals surface area contributed by atoms with Gasteiger partial charge < -0.3 is 5.32 Å². The van der Waals surface area contributed by atoms with E-state index in [0.29, 0.717) is 6.04 Å². The van der Waals surface area contributed by atoms with Crippen molar-refractivity contribution in [2.45, 2.75) is 26.4 Å². The van der Waals surface area contributed by atoms with E-state index in [2.05, 4.69) is 58.2 Å². The van der Waals surface area contributed by atoms with Gasteiger partial charge in [0, 0.05) is 23.6 Å². The third kappa shape index (κ3) is 2.24. The third-order valence-corrected chi connectivity index (χ3v) is 5.55. The van der Waals surface area contributed by atoms with E-state index < -0.39 is 0 Å². The molecule has 3 rings (SSSR count). The summed E-state index contributed by atoms with van der Waals surface area (Å²) < 4.78 is 1.21. The molecule has 0 aromatic heterocycles. The second-order valence-corrected chi connectivity index (χ2v) is 6.69. The number of halogens is 1. The molecule has 3 atom stereocenters. The lowest BCUT2D eigenvalue weighted by Crippen LogP contribution is -2.32. The fourth-order valence-electron chi connectivity index (χ4n) is 3.50. The Bertz CT molecular complexity index is 446. The van der Waals surface area contributed by atoms with Crippen molar-refractivity contribution in [3.63, 3.8) is 0 Å². The maximum absolute atomic E-state index is 3.57. The Kier molecular flexibility index (Phi) is 3.48. The lowest BCUT2D eigenvalue weighted by molar-refractivity contribution is 0.231. The van der Waals surface area contributed by atoms with Crippen LogP contribution in [0.2, 0.25) is 0 Å². The smallest absolute Gasteiger partial charge is 0.0236 e. The topological polar surface area (TPSA) is 15.3 Å². The van der Waals surface area contributed by atoms with Crippen molar-refractivity contribution in [1.82, 2.24) is 10.2 Å². The molecule has 2 aliphatic heterocycles. The zero-order valence-electron chi connectivity index (χ0n) is 11.1. The first-order valence-electron chi connectivity index (χ1n) is 6.85. The summed E-state index contributed by atoms with van der Waals surface area (Å²) in [4.78, 5) is 2.65. The van der Waals surface area contributed by atoms with E-state index in [1.807, 2.05) is 0 Å². The van der Waals surface area contributed by atoms with Crippen LogP contribution in [0.25, 0.3) is 0 Å². The summed E-state index contributed by atoms with van der Waals surface area (Å²) in [6.07, 6.45) is 0. The molecule has 98 valence electrons. The number of hydrogen-bond acceptors (Lipinski definition) is 2. The van der Waals surface area contributed by atoms with Crippen molar-refractivity contribution in [3.8, 4) is 0 Å². The summed E-state index contributed by atoms with van der Waals surface area (Å²) in [6.45, 7) is 9.34. The second-order valence-electron chi connectivity index (χ2n) is 5.84. The fraction of sp³-hybridized carbons (Fsp3) is 0.600. The van der Waals surface area contributed by atoms with Crippen molar-refractivity contribution < 1.29 is 0 Å². The van der Waals surface area contributed by atoms with Crippen LogP contribution in [0.4, 0.5) is 0 Å². The molecular formula is C15H21BrN2. The Morgan fingerprint density at radius 3 is 2.94 bits per heavy atom. The van der Waals surface area contributed by atoms with Crippen LogP contribution in [0, 0.1) is 18.8 Å². The molecule has 0 aliphatic carbocycles. The normalized spacial score (nSPS) is 31.8. The molecule has 3 heteroatoms. The predicted molar refractivity (Wildman–Crippen MR) is 78.6 cm³/mol. The van der Waals surface area contributed by atoms with Gasteiger partial charge in [-0.1, -0.05) is 28.1 Å². The van der Waals surface area contributed by atoms with Gasteiger partial charge in [-0.15, -0.1) is 0 Å². The van der Waals surface area contributed by atoms with Gasteiger partial charge in [0.05, 0.1) is 0 Å². The first-order valence-corrected chi connectivity index (χ1v) is 7.64. The zero-order chi connectivity index (χ0) is 12.7. The van der Waals surface area contributed by atoms with Crippen molar-refractivity contribution >= 4 is 15.9 Å². The fourth-order valence-corrected chi connectivity index (χ4v) is 3.75. The van der Waals surface area contributed by atoms with Gasteiger partial charge in [0.2, 0.25) is 0 Å². The van der Waals surface area contributed by atoms with Gasteiger partial charge in [-0.3, -0.25) is 4.90 Å². The van der Waals surface area contributed by atoms with Crippen LogP contribution in [0.5, 0.6) is 0 Å².